The fourth-order valence-corrected chi connectivity index (χ4v) is 2.44. The van der Waals surface area contributed by atoms with E-state index in [1.807, 2.05) is 0 Å². The highest BCUT2D eigenvalue weighted by Gasteiger charge is 2.31. The number of anilines is 1. The minimum atomic E-state index is -4.82. The minimum absolute atomic E-state index is 0.181. The zero-order valence-electron chi connectivity index (χ0n) is 16.2. The van der Waals surface area contributed by atoms with Gasteiger partial charge in [0, 0.05) is 5.69 Å². The van der Waals surface area contributed by atoms with Gasteiger partial charge in [0.2, 0.25) is 5.75 Å². The van der Waals surface area contributed by atoms with Gasteiger partial charge in [-0.1, -0.05) is 0 Å². The number of nitrogens with zero attached hydrogens (tertiary/aromatic N) is 1. The zero-order valence-corrected chi connectivity index (χ0v) is 16.2. The minimum Gasteiger partial charge on any atom is -0.493 e. The molecule has 0 saturated carbocycles. The number of nitriles is 1. The van der Waals surface area contributed by atoms with Crippen molar-refractivity contribution in [3.05, 3.63) is 47.5 Å². The maximum absolute atomic E-state index is 12.4. The topological polar surface area (TPSA) is 89.8 Å². The first kappa shape index (κ1) is 22.4. The molecule has 2 rings (SSSR count). The smallest absolute Gasteiger partial charge is 0.493 e. The van der Waals surface area contributed by atoms with Crippen LogP contribution < -0.4 is 24.3 Å². The summed E-state index contributed by atoms with van der Waals surface area (Å²) in [6, 6.07) is 9.39. The molecule has 1 amide bonds. The molecule has 1 N–H and O–H groups in total. The van der Waals surface area contributed by atoms with Gasteiger partial charge in [-0.25, -0.2) is 0 Å². The van der Waals surface area contributed by atoms with Crippen LogP contribution in [0.2, 0.25) is 0 Å². The van der Waals surface area contributed by atoms with Crippen molar-refractivity contribution < 1.29 is 36.9 Å². The van der Waals surface area contributed by atoms with Crippen LogP contribution in [0.25, 0.3) is 6.08 Å². The van der Waals surface area contributed by atoms with Gasteiger partial charge in [0.1, 0.15) is 17.4 Å². The molecule has 0 aliphatic heterocycles. The van der Waals surface area contributed by atoms with Crippen molar-refractivity contribution in [2.45, 2.75) is 6.36 Å². The number of nitrogens with one attached hydrogen (secondary N) is 1. The highest BCUT2D eigenvalue weighted by Crippen LogP contribution is 2.38. The molecule has 0 aromatic heterocycles. The van der Waals surface area contributed by atoms with E-state index >= 15 is 0 Å². The Bertz CT molecular complexity index is 954. The predicted molar refractivity (Wildman–Crippen MR) is 101 cm³/mol. The van der Waals surface area contributed by atoms with Gasteiger partial charge in [-0.3, -0.25) is 4.79 Å². The van der Waals surface area contributed by atoms with Crippen LogP contribution in [0, 0.1) is 11.3 Å². The summed E-state index contributed by atoms with van der Waals surface area (Å²) in [6.07, 6.45) is -3.51. The van der Waals surface area contributed by atoms with Crippen molar-refractivity contribution in [2.75, 3.05) is 26.6 Å². The molecule has 2 aromatic carbocycles. The SMILES string of the molecule is COc1cc(/C=C(/C#N)C(=O)Nc2ccc(OC(F)(F)F)cc2)cc(OC)c1OC. The van der Waals surface area contributed by atoms with Gasteiger partial charge >= 0.3 is 6.36 Å². The van der Waals surface area contributed by atoms with Crippen LogP contribution in [0.4, 0.5) is 18.9 Å². The Hall–Kier alpha value is -3.87. The third-order valence-corrected chi connectivity index (χ3v) is 3.71. The van der Waals surface area contributed by atoms with Crippen molar-refractivity contribution in [3.8, 4) is 29.1 Å². The molecule has 0 bridgehead atoms. The second-order valence-electron chi connectivity index (χ2n) is 5.65. The van der Waals surface area contributed by atoms with Crippen LogP contribution in [0.15, 0.2) is 42.0 Å². The molecule has 0 aliphatic carbocycles. The molecule has 7 nitrogen and oxygen atoms in total. The lowest BCUT2D eigenvalue weighted by molar-refractivity contribution is -0.274. The van der Waals surface area contributed by atoms with Gasteiger partial charge in [0.15, 0.2) is 11.5 Å². The Balaban J connectivity index is 2.24. The number of alkyl halides is 3. The van der Waals surface area contributed by atoms with Gasteiger partial charge in [0.05, 0.1) is 21.3 Å². The quantitative estimate of drug-likeness (QED) is 0.533. The van der Waals surface area contributed by atoms with Crippen molar-refractivity contribution in [2.24, 2.45) is 0 Å². The molecule has 30 heavy (non-hydrogen) atoms. The van der Waals surface area contributed by atoms with Crippen LogP contribution in [0.1, 0.15) is 5.56 Å². The zero-order chi connectivity index (χ0) is 22.3. The molecule has 0 heterocycles. The molecule has 0 radical (unpaired) electrons. The lowest BCUT2D eigenvalue weighted by Crippen LogP contribution is -2.17. The van der Waals surface area contributed by atoms with Crippen molar-refractivity contribution >= 4 is 17.7 Å². The Morgan fingerprint density at radius 3 is 2.03 bits per heavy atom. The van der Waals surface area contributed by atoms with Crippen molar-refractivity contribution in [3.63, 3.8) is 0 Å². The molecule has 2 aromatic rings. The number of ether oxygens (including phenoxy) is 4. The highest BCUT2D eigenvalue weighted by atomic mass is 19.4. The molecule has 158 valence electrons. The first-order chi connectivity index (χ1) is 14.2. The number of amides is 1. The average molecular weight is 422 g/mol. The molecule has 0 fully saturated rings. The summed E-state index contributed by atoms with van der Waals surface area (Å²) in [4.78, 5) is 12.4. The number of carbonyl (C=O) groups excluding carboxylic acids is 1. The molecule has 0 spiro atoms. The third-order valence-electron chi connectivity index (χ3n) is 3.71. The number of halogens is 3. The third kappa shape index (κ3) is 5.81. The maximum Gasteiger partial charge on any atom is 0.573 e. The standard InChI is InChI=1S/C20H17F3N2O5/c1-27-16-9-12(10-17(28-2)18(16)29-3)8-13(11-24)19(26)25-14-4-6-15(7-5-14)30-20(21,22)23/h4-10H,1-3H3,(H,25,26)/b13-8-. The van der Waals surface area contributed by atoms with Crippen LogP contribution in [-0.2, 0) is 4.79 Å². The second kappa shape index (κ2) is 9.56. The Kier molecular flexibility index (Phi) is 7.14. The van der Waals surface area contributed by atoms with E-state index in [0.29, 0.717) is 22.8 Å². The van der Waals surface area contributed by atoms with E-state index in [-0.39, 0.29) is 11.3 Å². The first-order valence-electron chi connectivity index (χ1n) is 8.29. The number of hydrogen-bond acceptors (Lipinski definition) is 6. The Morgan fingerprint density at radius 2 is 1.60 bits per heavy atom. The molecule has 0 aliphatic rings. The van der Waals surface area contributed by atoms with Gasteiger partial charge in [-0.2, -0.15) is 5.26 Å². The first-order valence-corrected chi connectivity index (χ1v) is 8.29. The lowest BCUT2D eigenvalue weighted by atomic mass is 10.1. The fourth-order valence-electron chi connectivity index (χ4n) is 2.44. The fraction of sp³-hybridized carbons (Fsp3) is 0.200. The van der Waals surface area contributed by atoms with Gasteiger partial charge in [0.25, 0.3) is 5.91 Å². The monoisotopic (exact) mass is 422 g/mol. The van der Waals surface area contributed by atoms with E-state index in [1.54, 1.807) is 18.2 Å². The Labute approximate surface area is 170 Å². The average Bonchev–Trinajstić information content (AvgIpc) is 2.71. The number of rotatable bonds is 7. The summed E-state index contributed by atoms with van der Waals surface area (Å²) in [5, 5.41) is 11.8. The van der Waals surface area contributed by atoms with Crippen LogP contribution in [0.5, 0.6) is 23.0 Å². The summed E-state index contributed by atoms with van der Waals surface area (Å²) in [6.45, 7) is 0. The second-order valence-corrected chi connectivity index (χ2v) is 5.65. The number of benzene rings is 2. The van der Waals surface area contributed by atoms with E-state index in [1.165, 1.54) is 39.5 Å². The highest BCUT2D eigenvalue weighted by molar-refractivity contribution is 6.09. The number of methoxy groups -OCH3 is 3. The normalized spacial score (nSPS) is 11.3. The van der Waals surface area contributed by atoms with Crippen molar-refractivity contribution in [1.82, 2.24) is 0 Å². The van der Waals surface area contributed by atoms with E-state index < -0.39 is 18.0 Å². The largest absolute Gasteiger partial charge is 0.573 e. The van der Waals surface area contributed by atoms with Crippen molar-refractivity contribution in [1.29, 1.82) is 5.26 Å². The maximum atomic E-state index is 12.4. The Morgan fingerprint density at radius 1 is 1.03 bits per heavy atom. The summed E-state index contributed by atoms with van der Waals surface area (Å²) < 4.78 is 56.0. The molecule has 0 saturated heterocycles. The summed E-state index contributed by atoms with van der Waals surface area (Å²) in [7, 11) is 4.29. The van der Waals surface area contributed by atoms with E-state index in [9.17, 15) is 23.2 Å². The van der Waals surface area contributed by atoms with Crippen LogP contribution in [0.3, 0.4) is 0 Å². The molecule has 0 atom stereocenters. The van der Waals surface area contributed by atoms with Gasteiger partial charge in [-0.15, -0.1) is 13.2 Å². The van der Waals surface area contributed by atoms with Gasteiger partial charge in [-0.05, 0) is 48.0 Å². The molecular weight excluding hydrogens is 405 g/mol. The number of hydrogen-bond donors (Lipinski definition) is 1. The summed E-state index contributed by atoms with van der Waals surface area (Å²) in [5.74, 6) is -0.173. The summed E-state index contributed by atoms with van der Waals surface area (Å²) in [5.41, 5.74) is 0.366. The van der Waals surface area contributed by atoms with E-state index in [4.69, 9.17) is 14.2 Å². The van der Waals surface area contributed by atoms with E-state index in [0.717, 1.165) is 12.1 Å². The predicted octanol–water partition coefficient (Wildman–Crippen LogP) is 4.16. The van der Waals surface area contributed by atoms with E-state index in [2.05, 4.69) is 10.1 Å². The molecule has 10 heteroatoms. The molecule has 0 unspecified atom stereocenters. The van der Waals surface area contributed by atoms with Gasteiger partial charge < -0.3 is 24.3 Å². The molecular formula is C20H17F3N2O5. The number of carbonyl (C=O) groups is 1. The van der Waals surface area contributed by atoms with Crippen LogP contribution >= 0.6 is 0 Å². The summed E-state index contributed by atoms with van der Waals surface area (Å²) >= 11 is 0. The van der Waals surface area contributed by atoms with Crippen LogP contribution in [-0.4, -0.2) is 33.6 Å². The lowest BCUT2D eigenvalue weighted by Gasteiger charge is -2.13.